The van der Waals surface area contributed by atoms with Gasteiger partial charge in [0.2, 0.25) is 0 Å². The minimum Gasteiger partial charge on any atom is -0.393 e. The summed E-state index contributed by atoms with van der Waals surface area (Å²) in [7, 11) is 0. The summed E-state index contributed by atoms with van der Waals surface area (Å²) in [6, 6.07) is 0. The summed E-state index contributed by atoms with van der Waals surface area (Å²) in [5.74, 6) is 10.6. The molecule has 4 aliphatic rings. The first-order valence-corrected chi connectivity index (χ1v) is 13.0. The second kappa shape index (κ2) is 10.1. The van der Waals surface area contributed by atoms with E-state index in [1.807, 2.05) is 13.8 Å². The smallest absolute Gasteiger partial charge is 0.266 e. The third-order valence-electron chi connectivity index (χ3n) is 9.53. The predicted molar refractivity (Wildman–Crippen MR) is 128 cm³/mol. The Hall–Kier alpha value is -1.56. The first kappa shape index (κ1) is 25.1. The lowest BCUT2D eigenvalue weighted by Crippen LogP contribution is -2.50. The van der Waals surface area contributed by atoms with Crippen molar-refractivity contribution in [2.45, 2.75) is 85.5 Å². The molecule has 0 aromatic rings. The topological polar surface area (TPSA) is 115 Å². The Labute approximate surface area is 194 Å². The number of carbonyl (C=O) groups excluding carboxylic acids is 2. The van der Waals surface area contributed by atoms with Crippen LogP contribution in [0.4, 0.5) is 0 Å². The van der Waals surface area contributed by atoms with E-state index in [0.29, 0.717) is 5.92 Å². The predicted octanol–water partition coefficient (Wildman–Crippen LogP) is 3.95. The van der Waals surface area contributed by atoms with Gasteiger partial charge in [-0.05, 0) is 92.3 Å². The van der Waals surface area contributed by atoms with Gasteiger partial charge in [-0.1, -0.05) is 34.1 Å². The van der Waals surface area contributed by atoms with Crippen molar-refractivity contribution in [3.05, 3.63) is 11.9 Å². The Morgan fingerprint density at radius 2 is 1.66 bits per heavy atom. The van der Waals surface area contributed by atoms with E-state index in [4.69, 9.17) is 17.3 Å². The number of rotatable bonds is 5. The SMILES string of the molecule is CC.CC1CCC2C(CCC3C2CCC2(C)C(C(=O)CN(N)/C=C(\N)C(N)=O)CCC32)C1. The van der Waals surface area contributed by atoms with Crippen LogP contribution in [0.15, 0.2) is 11.9 Å². The van der Waals surface area contributed by atoms with Crippen LogP contribution in [0, 0.1) is 46.8 Å². The fourth-order valence-electron chi connectivity index (χ4n) is 8.19. The highest BCUT2D eigenvalue weighted by atomic mass is 16.1. The van der Waals surface area contributed by atoms with E-state index in [1.54, 1.807) is 0 Å². The number of primary amides is 1. The molecular formula is C26H46N4O2. The van der Waals surface area contributed by atoms with Crippen molar-refractivity contribution in [3.8, 4) is 0 Å². The molecule has 0 saturated heterocycles. The van der Waals surface area contributed by atoms with Crippen molar-refractivity contribution in [2.75, 3.05) is 6.54 Å². The van der Waals surface area contributed by atoms with Gasteiger partial charge in [-0.25, -0.2) is 5.84 Å². The lowest BCUT2D eigenvalue weighted by Gasteiger charge is -2.56. The number of amides is 1. The van der Waals surface area contributed by atoms with Gasteiger partial charge in [0.05, 0.1) is 6.54 Å². The van der Waals surface area contributed by atoms with E-state index in [1.165, 1.54) is 56.2 Å². The van der Waals surface area contributed by atoms with Gasteiger partial charge in [0.15, 0.2) is 5.78 Å². The van der Waals surface area contributed by atoms with Crippen molar-refractivity contribution in [1.29, 1.82) is 0 Å². The summed E-state index contributed by atoms with van der Waals surface area (Å²) in [5, 5.41) is 1.22. The van der Waals surface area contributed by atoms with E-state index < -0.39 is 5.91 Å². The van der Waals surface area contributed by atoms with Gasteiger partial charge in [0, 0.05) is 12.1 Å². The van der Waals surface area contributed by atoms with Crippen LogP contribution in [-0.4, -0.2) is 23.2 Å². The average Bonchev–Trinajstić information content (AvgIpc) is 3.11. The third kappa shape index (κ3) is 4.71. The highest BCUT2D eigenvalue weighted by Gasteiger charge is 2.58. The number of nitrogens with two attached hydrogens (primary N) is 3. The van der Waals surface area contributed by atoms with Crippen LogP contribution in [0.5, 0.6) is 0 Å². The summed E-state index contributed by atoms with van der Waals surface area (Å²) in [5.41, 5.74) is 10.7. The fourth-order valence-corrected chi connectivity index (χ4v) is 8.19. The first-order chi connectivity index (χ1) is 15.2. The van der Waals surface area contributed by atoms with Gasteiger partial charge in [0.25, 0.3) is 5.91 Å². The van der Waals surface area contributed by atoms with E-state index in [2.05, 4.69) is 13.8 Å². The first-order valence-electron chi connectivity index (χ1n) is 13.0. The molecule has 4 saturated carbocycles. The maximum atomic E-state index is 13.2. The molecule has 4 aliphatic carbocycles. The maximum absolute atomic E-state index is 13.2. The molecule has 0 aromatic heterocycles. The van der Waals surface area contributed by atoms with Gasteiger partial charge < -0.3 is 16.5 Å². The number of carbonyl (C=O) groups is 2. The number of nitrogens with zero attached hydrogens (tertiary/aromatic N) is 1. The summed E-state index contributed by atoms with van der Waals surface area (Å²) in [4.78, 5) is 24.3. The molecule has 0 aromatic carbocycles. The molecule has 1 amide bonds. The van der Waals surface area contributed by atoms with Crippen molar-refractivity contribution >= 4 is 11.7 Å². The van der Waals surface area contributed by atoms with E-state index in [-0.39, 0.29) is 29.4 Å². The Balaban J connectivity index is 0.00000141. The number of hydrogen-bond acceptors (Lipinski definition) is 5. The van der Waals surface area contributed by atoms with Gasteiger partial charge in [-0.15, -0.1) is 0 Å². The van der Waals surface area contributed by atoms with Crippen molar-refractivity contribution in [1.82, 2.24) is 5.01 Å². The highest BCUT2D eigenvalue weighted by Crippen LogP contribution is 2.64. The summed E-state index contributed by atoms with van der Waals surface area (Å²) in [6.45, 7) is 8.88. The quantitative estimate of drug-likeness (QED) is 0.336. The number of ketones is 1. The van der Waals surface area contributed by atoms with E-state index >= 15 is 0 Å². The van der Waals surface area contributed by atoms with Crippen LogP contribution in [0.25, 0.3) is 0 Å². The Kier molecular flexibility index (Phi) is 7.95. The second-order valence-electron chi connectivity index (χ2n) is 11.1. The normalized spacial score (nSPS) is 40.8. The molecule has 0 aliphatic heterocycles. The fraction of sp³-hybridized carbons (Fsp3) is 0.846. The minimum atomic E-state index is -0.725. The van der Waals surface area contributed by atoms with Crippen molar-refractivity contribution in [2.24, 2.45) is 64.2 Å². The number of hydrazine groups is 1. The minimum absolute atomic E-state index is 0.0572. The van der Waals surface area contributed by atoms with Gasteiger partial charge >= 0.3 is 0 Å². The number of Topliss-reactive ketones (excluding diaryl/α,β-unsaturated/α-hetero) is 1. The van der Waals surface area contributed by atoms with Crippen LogP contribution >= 0.6 is 0 Å². The largest absolute Gasteiger partial charge is 0.393 e. The molecule has 32 heavy (non-hydrogen) atoms. The zero-order valence-corrected chi connectivity index (χ0v) is 20.7. The summed E-state index contributed by atoms with van der Waals surface area (Å²) >= 11 is 0. The van der Waals surface area contributed by atoms with E-state index in [0.717, 1.165) is 42.4 Å². The molecule has 0 heterocycles. The maximum Gasteiger partial charge on any atom is 0.266 e. The third-order valence-corrected chi connectivity index (χ3v) is 9.53. The molecule has 8 unspecified atom stereocenters. The van der Waals surface area contributed by atoms with Gasteiger partial charge in [-0.3, -0.25) is 9.59 Å². The van der Waals surface area contributed by atoms with Crippen LogP contribution in [0.1, 0.15) is 85.5 Å². The molecule has 6 heteroatoms. The van der Waals surface area contributed by atoms with Gasteiger partial charge in [-0.2, -0.15) is 0 Å². The average molecular weight is 447 g/mol. The molecule has 6 nitrogen and oxygen atoms in total. The molecule has 4 rings (SSSR count). The summed E-state index contributed by atoms with van der Waals surface area (Å²) < 4.78 is 0. The molecule has 0 bridgehead atoms. The van der Waals surface area contributed by atoms with Gasteiger partial charge in [0.1, 0.15) is 5.70 Å². The van der Waals surface area contributed by atoms with Crippen molar-refractivity contribution < 1.29 is 9.59 Å². The Morgan fingerprint density at radius 1 is 0.969 bits per heavy atom. The Bertz CT molecular complexity index is 723. The molecule has 0 spiro atoms. The number of fused-ring (bicyclic) bond motifs is 5. The zero-order valence-electron chi connectivity index (χ0n) is 20.7. The highest BCUT2D eigenvalue weighted by molar-refractivity contribution is 5.91. The standard InChI is InChI=1S/C24H40N4O2.C2H6/c1-14-3-5-16-15(11-14)4-6-18-17(16)9-10-24(2)19(18)7-8-20(24)22(29)13-28(27)12-21(25)23(26)30;1-2/h12,14-20H,3-11,13,25,27H2,1-2H3,(H2,26,30);1-2H3/b21-12-;. The molecule has 0 radical (unpaired) electrons. The lowest BCUT2D eigenvalue weighted by atomic mass is 9.49. The van der Waals surface area contributed by atoms with Crippen molar-refractivity contribution in [3.63, 3.8) is 0 Å². The molecular weight excluding hydrogens is 400 g/mol. The molecule has 8 atom stereocenters. The van der Waals surface area contributed by atoms with Crippen LogP contribution in [-0.2, 0) is 9.59 Å². The second-order valence-corrected chi connectivity index (χ2v) is 11.1. The van der Waals surface area contributed by atoms with Crippen LogP contribution in [0.3, 0.4) is 0 Å². The van der Waals surface area contributed by atoms with Crippen LogP contribution in [0.2, 0.25) is 0 Å². The molecule has 6 N–H and O–H groups in total. The monoisotopic (exact) mass is 446 g/mol. The summed E-state index contributed by atoms with van der Waals surface area (Å²) in [6.07, 6.45) is 12.9. The molecule has 182 valence electrons. The Morgan fingerprint density at radius 3 is 2.34 bits per heavy atom. The zero-order chi connectivity index (χ0) is 23.6. The number of hydrogen-bond donors (Lipinski definition) is 3. The lowest BCUT2D eigenvalue weighted by molar-refractivity contribution is -0.131. The van der Waals surface area contributed by atoms with Crippen LogP contribution < -0.4 is 17.3 Å². The molecule has 4 fully saturated rings. The van der Waals surface area contributed by atoms with E-state index in [9.17, 15) is 9.59 Å².